The number of halogens is 2. The molecular formula is C9H10F2N2. The predicted molar refractivity (Wildman–Crippen MR) is 46.7 cm³/mol. The van der Waals surface area contributed by atoms with Crippen LogP contribution in [-0.4, -0.2) is 19.3 Å². The Kier molecular flexibility index (Phi) is 1.92. The molecule has 0 amide bonds. The lowest BCUT2D eigenvalue weighted by Gasteiger charge is -2.24. The Morgan fingerprint density at radius 2 is 1.92 bits per heavy atom. The number of alkyl halides is 2. The van der Waals surface area contributed by atoms with E-state index >= 15 is 0 Å². The van der Waals surface area contributed by atoms with E-state index in [2.05, 4.69) is 5.32 Å². The summed E-state index contributed by atoms with van der Waals surface area (Å²) in [7, 11) is 0. The first-order valence-electron chi connectivity index (χ1n) is 4.16. The Bertz CT molecular complexity index is 287. The van der Waals surface area contributed by atoms with Crippen LogP contribution in [0.5, 0.6) is 0 Å². The zero-order chi connectivity index (χ0) is 9.31. The van der Waals surface area contributed by atoms with Gasteiger partial charge in [-0.2, -0.15) is 8.78 Å². The van der Waals surface area contributed by atoms with Gasteiger partial charge in [0.2, 0.25) is 0 Å². The van der Waals surface area contributed by atoms with Gasteiger partial charge < -0.3 is 0 Å². The van der Waals surface area contributed by atoms with E-state index < -0.39 is 6.17 Å². The average Bonchev–Trinajstić information content (AvgIpc) is 2.47. The maximum Gasteiger partial charge on any atom is 0.389 e. The second-order valence-corrected chi connectivity index (χ2v) is 2.96. The SMILES string of the molecule is FC1(F)NCCN1c1ccccc1. The quantitative estimate of drug-likeness (QED) is 0.667. The smallest absolute Gasteiger partial charge is 0.298 e. The minimum absolute atomic E-state index is 0.321. The van der Waals surface area contributed by atoms with Gasteiger partial charge >= 0.3 is 6.17 Å². The molecule has 1 aliphatic heterocycles. The molecule has 1 N–H and O–H groups in total. The monoisotopic (exact) mass is 184 g/mol. The van der Waals surface area contributed by atoms with Crippen molar-refractivity contribution in [1.82, 2.24) is 5.32 Å². The van der Waals surface area contributed by atoms with Crippen LogP contribution in [0, 0.1) is 0 Å². The largest absolute Gasteiger partial charge is 0.389 e. The summed E-state index contributed by atoms with van der Waals surface area (Å²) in [6.07, 6.45) is -2.90. The number of nitrogens with zero attached hydrogens (tertiary/aromatic N) is 1. The third-order valence-electron chi connectivity index (χ3n) is 2.08. The number of hydrogen-bond acceptors (Lipinski definition) is 2. The van der Waals surface area contributed by atoms with Crippen molar-refractivity contribution in [2.45, 2.75) is 6.17 Å². The van der Waals surface area contributed by atoms with Gasteiger partial charge in [0.05, 0.1) is 0 Å². The Balaban J connectivity index is 2.27. The molecule has 70 valence electrons. The van der Waals surface area contributed by atoms with Gasteiger partial charge in [-0.25, -0.2) is 5.32 Å². The van der Waals surface area contributed by atoms with Gasteiger partial charge in [-0.05, 0) is 12.1 Å². The molecule has 1 fully saturated rings. The van der Waals surface area contributed by atoms with E-state index in [1.165, 1.54) is 0 Å². The van der Waals surface area contributed by atoms with E-state index in [9.17, 15) is 8.78 Å². The highest BCUT2D eigenvalue weighted by Crippen LogP contribution is 2.27. The lowest BCUT2D eigenvalue weighted by Crippen LogP contribution is -2.43. The molecule has 0 radical (unpaired) electrons. The summed E-state index contributed by atoms with van der Waals surface area (Å²) in [5, 5.41) is 2.14. The molecule has 1 aromatic carbocycles. The van der Waals surface area contributed by atoms with Gasteiger partial charge in [0.1, 0.15) is 0 Å². The molecular weight excluding hydrogens is 174 g/mol. The average molecular weight is 184 g/mol. The third-order valence-corrected chi connectivity index (χ3v) is 2.08. The van der Waals surface area contributed by atoms with Crippen LogP contribution in [0.2, 0.25) is 0 Å². The predicted octanol–water partition coefficient (Wildman–Crippen LogP) is 1.65. The standard InChI is InChI=1S/C9H10F2N2/c10-9(11)12-6-7-13(9)8-4-2-1-3-5-8/h1-5,12H,6-7H2. The summed E-state index contributed by atoms with van der Waals surface area (Å²) in [6, 6.07) is 8.68. The number of benzene rings is 1. The van der Waals surface area contributed by atoms with Crippen LogP contribution in [0.3, 0.4) is 0 Å². The number of nitrogens with one attached hydrogen (secondary N) is 1. The number of rotatable bonds is 1. The molecule has 2 nitrogen and oxygen atoms in total. The van der Waals surface area contributed by atoms with Gasteiger partial charge in [0.25, 0.3) is 0 Å². The van der Waals surface area contributed by atoms with Gasteiger partial charge in [0.15, 0.2) is 0 Å². The second kappa shape index (κ2) is 2.96. The summed E-state index contributed by atoms with van der Waals surface area (Å²) in [6.45, 7) is 0.666. The molecule has 0 unspecified atom stereocenters. The van der Waals surface area contributed by atoms with E-state index in [0.29, 0.717) is 18.8 Å². The Hall–Kier alpha value is -1.16. The fourth-order valence-corrected chi connectivity index (χ4v) is 1.45. The van der Waals surface area contributed by atoms with E-state index in [1.807, 2.05) is 6.07 Å². The normalized spacial score (nSPS) is 20.6. The van der Waals surface area contributed by atoms with E-state index in [4.69, 9.17) is 0 Å². The third kappa shape index (κ3) is 1.49. The molecule has 0 aromatic heterocycles. The van der Waals surface area contributed by atoms with Crippen molar-refractivity contribution in [3.8, 4) is 0 Å². The molecule has 13 heavy (non-hydrogen) atoms. The summed E-state index contributed by atoms with van der Waals surface area (Å²) in [4.78, 5) is 1.06. The zero-order valence-electron chi connectivity index (χ0n) is 7.00. The van der Waals surface area contributed by atoms with Crippen molar-refractivity contribution in [1.29, 1.82) is 0 Å². The van der Waals surface area contributed by atoms with Gasteiger partial charge in [-0.1, -0.05) is 18.2 Å². The van der Waals surface area contributed by atoms with Gasteiger partial charge in [0, 0.05) is 18.8 Å². The number of hydrogen-bond donors (Lipinski definition) is 1. The Labute approximate surface area is 75.2 Å². The molecule has 1 saturated heterocycles. The number of anilines is 1. The number of para-hydroxylation sites is 1. The summed E-state index contributed by atoms with van der Waals surface area (Å²) in [5.41, 5.74) is 0.553. The molecule has 1 aliphatic rings. The first-order valence-corrected chi connectivity index (χ1v) is 4.16. The van der Waals surface area contributed by atoms with Crippen LogP contribution in [0.15, 0.2) is 30.3 Å². The van der Waals surface area contributed by atoms with Gasteiger partial charge in [-0.3, -0.25) is 4.90 Å². The van der Waals surface area contributed by atoms with Crippen molar-refractivity contribution >= 4 is 5.69 Å². The minimum Gasteiger partial charge on any atom is -0.298 e. The van der Waals surface area contributed by atoms with Crippen LogP contribution in [0.25, 0.3) is 0 Å². The molecule has 0 bridgehead atoms. The van der Waals surface area contributed by atoms with Crippen LogP contribution in [0.1, 0.15) is 0 Å². The molecule has 4 heteroatoms. The molecule has 1 aromatic rings. The summed E-state index contributed by atoms with van der Waals surface area (Å²) in [5.74, 6) is 0. The highest BCUT2D eigenvalue weighted by atomic mass is 19.3. The van der Waals surface area contributed by atoms with E-state index in [-0.39, 0.29) is 0 Å². The first-order chi connectivity index (χ1) is 6.20. The van der Waals surface area contributed by atoms with E-state index in [1.54, 1.807) is 24.3 Å². The molecule has 0 aliphatic carbocycles. The lowest BCUT2D eigenvalue weighted by molar-refractivity contribution is -0.0109. The Morgan fingerprint density at radius 1 is 1.23 bits per heavy atom. The summed E-state index contributed by atoms with van der Waals surface area (Å²) >= 11 is 0. The highest BCUT2D eigenvalue weighted by molar-refractivity contribution is 5.48. The zero-order valence-corrected chi connectivity index (χ0v) is 7.00. The van der Waals surface area contributed by atoms with Crippen molar-refractivity contribution < 1.29 is 8.78 Å². The van der Waals surface area contributed by atoms with Crippen LogP contribution in [0.4, 0.5) is 14.5 Å². The molecule has 0 spiro atoms. The van der Waals surface area contributed by atoms with Crippen molar-refractivity contribution in [2.75, 3.05) is 18.0 Å². The van der Waals surface area contributed by atoms with Crippen LogP contribution in [-0.2, 0) is 0 Å². The minimum atomic E-state index is -2.90. The molecule has 2 rings (SSSR count). The fraction of sp³-hybridized carbons (Fsp3) is 0.333. The molecule has 0 atom stereocenters. The Morgan fingerprint density at radius 3 is 2.46 bits per heavy atom. The maximum atomic E-state index is 13.1. The second-order valence-electron chi connectivity index (χ2n) is 2.96. The summed E-state index contributed by atoms with van der Waals surface area (Å²) < 4.78 is 26.2. The van der Waals surface area contributed by atoms with Crippen LogP contribution < -0.4 is 10.2 Å². The van der Waals surface area contributed by atoms with E-state index in [0.717, 1.165) is 4.90 Å². The molecule has 0 saturated carbocycles. The van der Waals surface area contributed by atoms with Gasteiger partial charge in [-0.15, -0.1) is 0 Å². The first kappa shape index (κ1) is 8.44. The maximum absolute atomic E-state index is 13.1. The fourth-order valence-electron chi connectivity index (χ4n) is 1.45. The topological polar surface area (TPSA) is 15.3 Å². The van der Waals surface area contributed by atoms with Crippen molar-refractivity contribution in [3.05, 3.63) is 30.3 Å². The van der Waals surface area contributed by atoms with Crippen LogP contribution >= 0.6 is 0 Å². The molecule has 1 heterocycles. The highest BCUT2D eigenvalue weighted by Gasteiger charge is 2.41. The lowest BCUT2D eigenvalue weighted by atomic mass is 10.3. The van der Waals surface area contributed by atoms with Crippen molar-refractivity contribution in [3.63, 3.8) is 0 Å². The van der Waals surface area contributed by atoms with Crippen molar-refractivity contribution in [2.24, 2.45) is 0 Å².